The van der Waals surface area contributed by atoms with Crippen LogP contribution in [0.1, 0.15) is 16.7 Å². The lowest BCUT2D eigenvalue weighted by atomic mass is 10.2. The van der Waals surface area contributed by atoms with Crippen LogP contribution in [0, 0.1) is 5.82 Å². The van der Waals surface area contributed by atoms with Gasteiger partial charge in [0.25, 0.3) is 0 Å². The number of benzene rings is 3. The zero-order valence-electron chi connectivity index (χ0n) is 19.6. The Bertz CT molecular complexity index is 1390. The minimum atomic E-state index is -3.88. The predicted molar refractivity (Wildman–Crippen MR) is 148 cm³/mol. The molecule has 0 amide bonds. The summed E-state index contributed by atoms with van der Waals surface area (Å²) in [4.78, 5) is 4.11. The van der Waals surface area contributed by atoms with Gasteiger partial charge in [-0.3, -0.25) is 4.98 Å². The lowest BCUT2D eigenvalue weighted by Crippen LogP contribution is -2.30. The van der Waals surface area contributed by atoms with Gasteiger partial charge in [-0.05, 0) is 89.6 Å². The van der Waals surface area contributed by atoms with Crippen LogP contribution >= 0.6 is 23.8 Å². The molecular weight excluding hydrogens is 531 g/mol. The highest BCUT2D eigenvalue weighted by Gasteiger charge is 2.25. The highest BCUT2D eigenvalue weighted by atomic mass is 35.5. The normalized spacial score (nSPS) is 11.3. The highest BCUT2D eigenvalue weighted by molar-refractivity contribution is 7.89. The van der Waals surface area contributed by atoms with E-state index >= 15 is 0 Å². The fourth-order valence-electron chi connectivity index (χ4n) is 3.53. The van der Waals surface area contributed by atoms with E-state index in [2.05, 4.69) is 15.6 Å². The molecule has 1 aromatic heterocycles. The Labute approximate surface area is 226 Å². The number of aromatic nitrogens is 1. The summed E-state index contributed by atoms with van der Waals surface area (Å²) in [6.45, 7) is 0.734. The van der Waals surface area contributed by atoms with Crippen molar-refractivity contribution in [1.29, 1.82) is 0 Å². The van der Waals surface area contributed by atoms with Crippen molar-refractivity contribution in [3.05, 3.63) is 125 Å². The number of rotatable bonds is 9. The predicted octanol–water partition coefficient (Wildman–Crippen LogP) is 5.75. The summed E-state index contributed by atoms with van der Waals surface area (Å²) in [5, 5.41) is 7.13. The van der Waals surface area contributed by atoms with E-state index < -0.39 is 10.0 Å². The summed E-state index contributed by atoms with van der Waals surface area (Å²) in [5.74, 6) is -0.382. The molecule has 0 radical (unpaired) electrons. The van der Waals surface area contributed by atoms with Crippen molar-refractivity contribution in [2.45, 2.75) is 24.5 Å². The van der Waals surface area contributed by atoms with Gasteiger partial charge in [0.1, 0.15) is 5.82 Å². The molecule has 0 saturated carbocycles. The first kappa shape index (κ1) is 26.7. The zero-order chi connectivity index (χ0) is 26.3. The minimum Gasteiger partial charge on any atom is -0.358 e. The summed E-state index contributed by atoms with van der Waals surface area (Å²) in [7, 11) is -3.88. The van der Waals surface area contributed by atoms with Crippen LogP contribution in [0.25, 0.3) is 0 Å². The van der Waals surface area contributed by atoms with Crippen LogP contribution in [0.4, 0.5) is 10.1 Å². The monoisotopic (exact) mass is 554 g/mol. The van der Waals surface area contributed by atoms with Gasteiger partial charge in [0.2, 0.25) is 10.0 Å². The molecule has 4 rings (SSSR count). The van der Waals surface area contributed by atoms with E-state index in [-0.39, 0.29) is 23.8 Å². The summed E-state index contributed by atoms with van der Waals surface area (Å²) in [6, 6.07) is 22.9. The van der Waals surface area contributed by atoms with E-state index in [1.54, 1.807) is 60.9 Å². The number of sulfonamides is 1. The average Bonchev–Trinajstić information content (AvgIpc) is 2.90. The van der Waals surface area contributed by atoms with Crippen molar-refractivity contribution in [2.24, 2.45) is 0 Å². The van der Waals surface area contributed by atoms with Crippen LogP contribution in [-0.2, 0) is 29.7 Å². The summed E-state index contributed by atoms with van der Waals surface area (Å²) in [6.07, 6.45) is 3.41. The van der Waals surface area contributed by atoms with Crippen LogP contribution in [0.15, 0.2) is 102 Å². The first-order chi connectivity index (χ1) is 17.8. The number of nitrogens with zero attached hydrogens (tertiary/aromatic N) is 2. The maximum atomic E-state index is 13.6. The van der Waals surface area contributed by atoms with Crippen molar-refractivity contribution >= 4 is 44.6 Å². The average molecular weight is 555 g/mol. The van der Waals surface area contributed by atoms with Crippen molar-refractivity contribution < 1.29 is 12.8 Å². The summed E-state index contributed by atoms with van der Waals surface area (Å²) < 4.78 is 42.0. The van der Waals surface area contributed by atoms with E-state index in [0.717, 1.165) is 11.1 Å². The van der Waals surface area contributed by atoms with Crippen molar-refractivity contribution in [2.75, 3.05) is 5.32 Å². The third-order valence-electron chi connectivity index (χ3n) is 5.50. The number of anilines is 1. The fourth-order valence-corrected chi connectivity index (χ4v) is 5.26. The SMILES string of the molecule is O=S(=O)(c1ccc(NC(=S)NCc2ccncc2)cc1)N(Cc1ccc(F)cc1)Cc1ccc(Cl)cc1. The Hall–Kier alpha value is -3.37. The van der Waals surface area contributed by atoms with Crippen LogP contribution in [0.5, 0.6) is 0 Å². The van der Waals surface area contributed by atoms with Gasteiger partial charge in [-0.15, -0.1) is 0 Å². The topological polar surface area (TPSA) is 74.3 Å². The third-order valence-corrected chi connectivity index (χ3v) is 7.80. The largest absolute Gasteiger partial charge is 0.358 e. The molecule has 0 aliphatic heterocycles. The van der Waals surface area contributed by atoms with Crippen molar-refractivity contribution in [3.63, 3.8) is 0 Å². The number of hydrogen-bond acceptors (Lipinski definition) is 4. The van der Waals surface area contributed by atoms with Crippen molar-refractivity contribution in [1.82, 2.24) is 14.6 Å². The molecule has 190 valence electrons. The van der Waals surface area contributed by atoms with Gasteiger partial charge < -0.3 is 10.6 Å². The van der Waals surface area contributed by atoms with Gasteiger partial charge in [-0.2, -0.15) is 4.31 Å². The summed E-state index contributed by atoms with van der Waals surface area (Å²) >= 11 is 11.3. The first-order valence-electron chi connectivity index (χ1n) is 11.3. The molecule has 0 bridgehead atoms. The maximum absolute atomic E-state index is 13.6. The third kappa shape index (κ3) is 7.56. The van der Waals surface area contributed by atoms with E-state index in [4.69, 9.17) is 23.8 Å². The van der Waals surface area contributed by atoms with Gasteiger partial charge in [0.05, 0.1) is 4.90 Å². The molecule has 6 nitrogen and oxygen atoms in total. The van der Waals surface area contributed by atoms with Crippen LogP contribution in [-0.4, -0.2) is 22.8 Å². The van der Waals surface area contributed by atoms with Gasteiger partial charge in [0, 0.05) is 42.7 Å². The van der Waals surface area contributed by atoms with E-state index in [1.165, 1.54) is 28.6 Å². The first-order valence-corrected chi connectivity index (χ1v) is 13.5. The molecule has 2 N–H and O–H groups in total. The standard InChI is InChI=1S/C27H24ClFN4O2S2/c28-23-5-1-21(2-6-23)18-33(19-22-3-7-24(29)8-4-22)37(34,35)26-11-9-25(10-12-26)32-27(36)31-17-20-13-15-30-16-14-20/h1-16H,17-19H2,(H2,31,32,36). The molecule has 0 aliphatic carbocycles. The molecule has 0 spiro atoms. The molecule has 4 aromatic rings. The lowest BCUT2D eigenvalue weighted by Gasteiger charge is -2.23. The highest BCUT2D eigenvalue weighted by Crippen LogP contribution is 2.23. The van der Waals surface area contributed by atoms with E-state index in [9.17, 15) is 12.8 Å². The second kappa shape index (κ2) is 12.2. The molecule has 10 heteroatoms. The zero-order valence-corrected chi connectivity index (χ0v) is 22.0. The molecule has 0 fully saturated rings. The summed E-state index contributed by atoms with van der Waals surface area (Å²) in [5.41, 5.74) is 3.12. The number of halogens is 2. The molecule has 3 aromatic carbocycles. The van der Waals surface area contributed by atoms with Gasteiger partial charge >= 0.3 is 0 Å². The Balaban J connectivity index is 1.49. The van der Waals surface area contributed by atoms with Crippen LogP contribution in [0.3, 0.4) is 0 Å². The maximum Gasteiger partial charge on any atom is 0.243 e. The van der Waals surface area contributed by atoms with Gasteiger partial charge in [-0.1, -0.05) is 35.9 Å². The minimum absolute atomic E-state index is 0.0776. The number of nitrogens with one attached hydrogen (secondary N) is 2. The quantitative estimate of drug-likeness (QED) is 0.257. The fraction of sp³-hybridized carbons (Fsp3) is 0.111. The van der Waals surface area contributed by atoms with Crippen LogP contribution < -0.4 is 10.6 Å². The second-order valence-corrected chi connectivity index (χ2v) is 11.0. The molecule has 0 atom stereocenters. The van der Waals surface area contributed by atoms with E-state index in [1.807, 2.05) is 12.1 Å². The molecule has 37 heavy (non-hydrogen) atoms. The molecule has 0 aliphatic rings. The molecular formula is C27H24ClFN4O2S2. The molecule has 0 saturated heterocycles. The van der Waals surface area contributed by atoms with Crippen molar-refractivity contribution in [3.8, 4) is 0 Å². The van der Waals surface area contributed by atoms with E-state index in [0.29, 0.717) is 27.9 Å². The Morgan fingerprint density at radius 1 is 0.838 bits per heavy atom. The number of pyridine rings is 1. The Morgan fingerprint density at radius 3 is 2.00 bits per heavy atom. The molecule has 0 unspecified atom stereocenters. The smallest absolute Gasteiger partial charge is 0.243 e. The number of thiocarbonyl (C=S) groups is 1. The Kier molecular flexibility index (Phi) is 8.83. The lowest BCUT2D eigenvalue weighted by molar-refractivity contribution is 0.401. The Morgan fingerprint density at radius 2 is 1.41 bits per heavy atom. The second-order valence-electron chi connectivity index (χ2n) is 8.21. The van der Waals surface area contributed by atoms with Gasteiger partial charge in [0.15, 0.2) is 5.11 Å². The van der Waals surface area contributed by atoms with Crippen LogP contribution in [0.2, 0.25) is 5.02 Å². The number of hydrogen-bond donors (Lipinski definition) is 2. The van der Waals surface area contributed by atoms with Gasteiger partial charge in [-0.25, -0.2) is 12.8 Å². The molecule has 1 heterocycles.